The van der Waals surface area contributed by atoms with Crippen molar-refractivity contribution in [2.24, 2.45) is 0 Å². The first-order valence-electron chi connectivity index (χ1n) is 7.91. The van der Waals surface area contributed by atoms with Crippen molar-refractivity contribution in [2.75, 3.05) is 18.4 Å². The second kappa shape index (κ2) is 8.27. The molecule has 0 fully saturated rings. The largest absolute Gasteiger partial charge is 0.352 e. The number of para-hydroxylation sites is 1. The topological polar surface area (TPSA) is 45.2 Å². The molecule has 0 saturated heterocycles. The van der Waals surface area contributed by atoms with Crippen molar-refractivity contribution in [1.82, 2.24) is 9.88 Å². The molecular weight excluding hydrogens is 293 g/mol. The van der Waals surface area contributed by atoms with Gasteiger partial charge in [0.1, 0.15) is 5.82 Å². The van der Waals surface area contributed by atoms with Crippen molar-refractivity contribution in [2.45, 2.75) is 26.7 Å². The van der Waals surface area contributed by atoms with Gasteiger partial charge in [0.05, 0.1) is 23.1 Å². The lowest BCUT2D eigenvalue weighted by Gasteiger charge is -2.21. The molecule has 1 N–H and O–H groups in total. The molecule has 5 heteroatoms. The Balaban J connectivity index is 2.18. The van der Waals surface area contributed by atoms with E-state index in [1.54, 1.807) is 36.7 Å². The zero-order valence-corrected chi connectivity index (χ0v) is 13.6. The van der Waals surface area contributed by atoms with Gasteiger partial charge in [-0.25, -0.2) is 4.39 Å². The molecule has 2 aromatic rings. The summed E-state index contributed by atoms with van der Waals surface area (Å²) >= 11 is 0. The third-order valence-electron chi connectivity index (χ3n) is 3.41. The normalized spacial score (nSPS) is 10.4. The quantitative estimate of drug-likeness (QED) is 0.832. The molecule has 4 nitrogen and oxygen atoms in total. The van der Waals surface area contributed by atoms with Crippen molar-refractivity contribution >= 4 is 17.3 Å². The lowest BCUT2D eigenvalue weighted by molar-refractivity contribution is 0.0755. The van der Waals surface area contributed by atoms with Gasteiger partial charge >= 0.3 is 0 Å². The molecule has 0 aliphatic carbocycles. The van der Waals surface area contributed by atoms with Gasteiger partial charge in [-0.1, -0.05) is 26.0 Å². The molecule has 1 heterocycles. The standard InChI is InChI=1S/C18H22FN3O/c1-3-9-22(10-4-2)18(23)14-11-15(13-20-12-14)21-17-8-6-5-7-16(17)19/h5-8,11-13,21H,3-4,9-10H2,1-2H3. The highest BCUT2D eigenvalue weighted by Gasteiger charge is 2.15. The van der Waals surface area contributed by atoms with Crippen LogP contribution < -0.4 is 5.32 Å². The number of pyridine rings is 1. The Morgan fingerprint density at radius 2 is 1.87 bits per heavy atom. The number of benzene rings is 1. The first-order chi connectivity index (χ1) is 11.2. The molecule has 0 aliphatic rings. The first kappa shape index (κ1) is 16.9. The molecule has 1 aromatic heterocycles. The summed E-state index contributed by atoms with van der Waals surface area (Å²) in [4.78, 5) is 18.5. The highest BCUT2D eigenvalue weighted by Crippen LogP contribution is 2.20. The molecule has 2 rings (SSSR count). The van der Waals surface area contributed by atoms with Crippen LogP contribution in [0.3, 0.4) is 0 Å². The summed E-state index contributed by atoms with van der Waals surface area (Å²) in [7, 11) is 0. The average molecular weight is 315 g/mol. The Bertz CT molecular complexity index is 654. The smallest absolute Gasteiger partial charge is 0.255 e. The van der Waals surface area contributed by atoms with Gasteiger partial charge in [0.2, 0.25) is 0 Å². The maximum Gasteiger partial charge on any atom is 0.255 e. The van der Waals surface area contributed by atoms with Crippen molar-refractivity contribution in [1.29, 1.82) is 0 Å². The van der Waals surface area contributed by atoms with E-state index in [2.05, 4.69) is 10.3 Å². The number of nitrogens with one attached hydrogen (secondary N) is 1. The lowest BCUT2D eigenvalue weighted by Crippen LogP contribution is -2.32. The minimum Gasteiger partial charge on any atom is -0.352 e. The summed E-state index contributed by atoms with van der Waals surface area (Å²) < 4.78 is 13.7. The molecule has 0 saturated carbocycles. The molecule has 0 radical (unpaired) electrons. The van der Waals surface area contributed by atoms with Crippen LogP contribution in [0.25, 0.3) is 0 Å². The lowest BCUT2D eigenvalue weighted by atomic mass is 10.2. The molecule has 0 aliphatic heterocycles. The second-order valence-electron chi connectivity index (χ2n) is 5.36. The summed E-state index contributed by atoms with van der Waals surface area (Å²) in [6, 6.07) is 8.11. The van der Waals surface area contributed by atoms with Crippen molar-refractivity contribution in [3.05, 3.63) is 54.1 Å². The molecule has 23 heavy (non-hydrogen) atoms. The van der Waals surface area contributed by atoms with E-state index in [9.17, 15) is 9.18 Å². The minimum atomic E-state index is -0.345. The van der Waals surface area contributed by atoms with Crippen molar-refractivity contribution in [3.8, 4) is 0 Å². The number of hydrogen-bond donors (Lipinski definition) is 1. The Labute approximate surface area is 136 Å². The molecule has 1 amide bonds. The second-order valence-corrected chi connectivity index (χ2v) is 5.36. The van der Waals surface area contributed by atoms with Gasteiger partial charge in [-0.2, -0.15) is 0 Å². The van der Waals surface area contributed by atoms with Crippen LogP contribution in [-0.4, -0.2) is 28.9 Å². The summed E-state index contributed by atoms with van der Waals surface area (Å²) in [5.74, 6) is -0.388. The number of rotatable bonds is 7. The number of anilines is 2. The molecule has 0 atom stereocenters. The van der Waals surface area contributed by atoms with E-state index in [-0.39, 0.29) is 11.7 Å². The fourth-order valence-corrected chi connectivity index (χ4v) is 2.38. The number of hydrogen-bond acceptors (Lipinski definition) is 3. The van der Waals surface area contributed by atoms with E-state index >= 15 is 0 Å². The Morgan fingerprint density at radius 3 is 2.52 bits per heavy atom. The zero-order chi connectivity index (χ0) is 16.7. The van der Waals surface area contributed by atoms with Crippen LogP contribution in [0.1, 0.15) is 37.0 Å². The summed E-state index contributed by atoms with van der Waals surface area (Å²) in [5.41, 5.74) is 1.46. The van der Waals surface area contributed by atoms with E-state index < -0.39 is 0 Å². The summed E-state index contributed by atoms with van der Waals surface area (Å²) in [6.45, 7) is 5.53. The van der Waals surface area contributed by atoms with Crippen LogP contribution in [0.4, 0.5) is 15.8 Å². The summed E-state index contributed by atoms with van der Waals surface area (Å²) in [6.07, 6.45) is 4.94. The van der Waals surface area contributed by atoms with Crippen molar-refractivity contribution in [3.63, 3.8) is 0 Å². The number of amides is 1. The van der Waals surface area contributed by atoms with Gasteiger partial charge in [-0.3, -0.25) is 9.78 Å². The Kier molecular flexibility index (Phi) is 6.09. The maximum absolute atomic E-state index is 13.7. The summed E-state index contributed by atoms with van der Waals surface area (Å²) in [5, 5.41) is 2.96. The van der Waals surface area contributed by atoms with Gasteiger partial charge in [0.25, 0.3) is 5.91 Å². The first-order valence-corrected chi connectivity index (χ1v) is 7.91. The van der Waals surface area contributed by atoms with E-state index in [0.717, 1.165) is 25.9 Å². The predicted octanol–water partition coefficient (Wildman–Crippen LogP) is 4.23. The van der Waals surface area contributed by atoms with E-state index in [0.29, 0.717) is 16.9 Å². The van der Waals surface area contributed by atoms with Gasteiger partial charge < -0.3 is 10.2 Å². The third-order valence-corrected chi connectivity index (χ3v) is 3.41. The van der Waals surface area contributed by atoms with E-state index in [1.165, 1.54) is 6.07 Å². The van der Waals surface area contributed by atoms with Gasteiger partial charge in [0.15, 0.2) is 0 Å². The van der Waals surface area contributed by atoms with Crippen LogP contribution in [0.15, 0.2) is 42.7 Å². The Morgan fingerprint density at radius 1 is 1.17 bits per heavy atom. The van der Waals surface area contributed by atoms with E-state index in [4.69, 9.17) is 0 Å². The molecule has 0 unspecified atom stereocenters. The molecule has 0 spiro atoms. The van der Waals surface area contributed by atoms with Crippen LogP contribution in [-0.2, 0) is 0 Å². The fraction of sp³-hybridized carbons (Fsp3) is 0.333. The van der Waals surface area contributed by atoms with E-state index in [1.807, 2.05) is 18.7 Å². The number of carbonyl (C=O) groups excluding carboxylic acids is 1. The Hall–Kier alpha value is -2.43. The number of halogens is 1. The van der Waals surface area contributed by atoms with Crippen LogP contribution in [0.5, 0.6) is 0 Å². The monoisotopic (exact) mass is 315 g/mol. The predicted molar refractivity (Wildman–Crippen MR) is 90.4 cm³/mol. The molecule has 0 bridgehead atoms. The van der Waals surface area contributed by atoms with Crippen LogP contribution >= 0.6 is 0 Å². The molecular formula is C18H22FN3O. The van der Waals surface area contributed by atoms with Gasteiger partial charge in [0, 0.05) is 19.3 Å². The highest BCUT2D eigenvalue weighted by atomic mass is 19.1. The SMILES string of the molecule is CCCN(CCC)C(=O)c1cncc(Nc2ccccc2F)c1. The number of carbonyl (C=O) groups is 1. The zero-order valence-electron chi connectivity index (χ0n) is 13.6. The van der Waals surface area contributed by atoms with Crippen molar-refractivity contribution < 1.29 is 9.18 Å². The minimum absolute atomic E-state index is 0.0432. The highest BCUT2D eigenvalue weighted by molar-refractivity contribution is 5.94. The maximum atomic E-state index is 13.7. The van der Waals surface area contributed by atoms with Gasteiger partial charge in [-0.15, -0.1) is 0 Å². The van der Waals surface area contributed by atoms with Gasteiger partial charge in [-0.05, 0) is 31.0 Å². The third kappa shape index (κ3) is 4.52. The van der Waals surface area contributed by atoms with Crippen LogP contribution in [0, 0.1) is 5.82 Å². The molecule has 122 valence electrons. The number of nitrogens with zero attached hydrogens (tertiary/aromatic N) is 2. The molecule has 1 aromatic carbocycles. The number of aromatic nitrogens is 1. The fourth-order valence-electron chi connectivity index (χ4n) is 2.38. The van der Waals surface area contributed by atoms with Crippen LogP contribution in [0.2, 0.25) is 0 Å². The average Bonchev–Trinajstić information content (AvgIpc) is 2.56.